The minimum atomic E-state index is -1.99. The van der Waals surface area contributed by atoms with Crippen LogP contribution in [0.2, 0.25) is 18.1 Å². The molecule has 0 aromatic carbocycles. The summed E-state index contributed by atoms with van der Waals surface area (Å²) in [5.41, 5.74) is -1.23. The molecule has 2 fully saturated rings. The predicted octanol–water partition coefficient (Wildman–Crippen LogP) is 4.05. The van der Waals surface area contributed by atoms with Gasteiger partial charge in [0.2, 0.25) is 0 Å². The van der Waals surface area contributed by atoms with Crippen LogP contribution in [0.1, 0.15) is 65.7 Å². The van der Waals surface area contributed by atoms with E-state index in [4.69, 9.17) is 4.43 Å². The Balaban J connectivity index is 2.35. The number of aliphatic hydroxyl groups is 1. The third-order valence-corrected chi connectivity index (χ3v) is 10.4. The highest BCUT2D eigenvalue weighted by molar-refractivity contribution is 6.74. The van der Waals surface area contributed by atoms with Crippen molar-refractivity contribution >= 4 is 14.1 Å². The third kappa shape index (κ3) is 3.27. The maximum atomic E-state index is 12.5. The van der Waals surface area contributed by atoms with Crippen molar-refractivity contribution in [1.82, 2.24) is 0 Å². The summed E-state index contributed by atoms with van der Waals surface area (Å²) in [5, 5.41) is 11.3. The predicted molar refractivity (Wildman–Crippen MR) is 87.8 cm³/mol. The van der Waals surface area contributed by atoms with E-state index < -0.39 is 13.9 Å². The molecule has 0 aromatic heterocycles. The first-order chi connectivity index (χ1) is 9.58. The minimum Gasteiger partial charge on any atom is -0.410 e. The van der Waals surface area contributed by atoms with Crippen molar-refractivity contribution in [3.05, 3.63) is 0 Å². The quantitative estimate of drug-likeness (QED) is 0.782. The van der Waals surface area contributed by atoms with Crippen LogP contribution in [0.3, 0.4) is 0 Å². The number of carbonyl (C=O) groups excluding carboxylic acids is 1. The van der Waals surface area contributed by atoms with Crippen molar-refractivity contribution in [3.8, 4) is 0 Å². The highest BCUT2D eigenvalue weighted by Crippen LogP contribution is 2.45. The molecule has 0 amide bonds. The van der Waals surface area contributed by atoms with E-state index in [1.165, 1.54) is 0 Å². The number of carbonyl (C=O) groups is 1. The van der Waals surface area contributed by atoms with Crippen LogP contribution < -0.4 is 0 Å². The Bertz CT molecular complexity index is 399. The number of Topliss-reactive ketones (excluding diaryl/α,β-unsaturated/α-hetero) is 1. The van der Waals surface area contributed by atoms with Gasteiger partial charge < -0.3 is 9.53 Å². The molecule has 21 heavy (non-hydrogen) atoms. The van der Waals surface area contributed by atoms with E-state index >= 15 is 0 Å². The molecule has 2 aliphatic carbocycles. The fourth-order valence-electron chi connectivity index (χ4n) is 3.51. The minimum absolute atomic E-state index is 0.0237. The summed E-state index contributed by atoms with van der Waals surface area (Å²) in [7, 11) is -1.99. The van der Waals surface area contributed by atoms with Crippen LogP contribution in [0.25, 0.3) is 0 Å². The average molecular weight is 313 g/mol. The Kier molecular flexibility index (Phi) is 4.73. The molecule has 1 N–H and O–H groups in total. The second kappa shape index (κ2) is 5.78. The average Bonchev–Trinajstić information content (AvgIpc) is 2.56. The smallest absolute Gasteiger partial charge is 0.192 e. The van der Waals surface area contributed by atoms with Gasteiger partial charge in [0, 0.05) is 6.42 Å². The van der Waals surface area contributed by atoms with E-state index in [1.54, 1.807) is 0 Å². The summed E-state index contributed by atoms with van der Waals surface area (Å²) < 4.78 is 6.61. The lowest BCUT2D eigenvalue weighted by atomic mass is 9.83. The molecule has 3 nitrogen and oxygen atoms in total. The molecule has 2 rings (SSSR count). The van der Waals surface area contributed by atoms with Gasteiger partial charge in [0.25, 0.3) is 0 Å². The molecular weight excluding hydrogens is 280 g/mol. The molecule has 0 radical (unpaired) electrons. The van der Waals surface area contributed by atoms with Gasteiger partial charge in [-0.3, -0.25) is 4.79 Å². The normalized spacial score (nSPS) is 35.2. The van der Waals surface area contributed by atoms with Gasteiger partial charge in [-0.05, 0) is 49.7 Å². The second-order valence-electron chi connectivity index (χ2n) is 8.54. The van der Waals surface area contributed by atoms with Crippen molar-refractivity contribution in [2.45, 2.75) is 95.6 Å². The lowest BCUT2D eigenvalue weighted by molar-refractivity contribution is -0.151. The first-order valence-electron chi connectivity index (χ1n) is 8.51. The Hall–Kier alpha value is -0.193. The van der Waals surface area contributed by atoms with Crippen LogP contribution in [0.15, 0.2) is 0 Å². The van der Waals surface area contributed by atoms with Gasteiger partial charge in [-0.25, -0.2) is 0 Å². The van der Waals surface area contributed by atoms with Crippen LogP contribution in [0.4, 0.5) is 0 Å². The van der Waals surface area contributed by atoms with Gasteiger partial charge in [0.1, 0.15) is 5.60 Å². The van der Waals surface area contributed by atoms with Crippen LogP contribution in [-0.2, 0) is 9.22 Å². The first kappa shape index (κ1) is 17.2. The number of hydrogen-bond acceptors (Lipinski definition) is 3. The molecule has 4 heteroatoms. The third-order valence-electron chi connectivity index (χ3n) is 5.97. The Morgan fingerprint density at radius 3 is 2.43 bits per heavy atom. The molecule has 0 aromatic rings. The van der Waals surface area contributed by atoms with Crippen LogP contribution >= 0.6 is 0 Å². The van der Waals surface area contributed by atoms with Gasteiger partial charge >= 0.3 is 0 Å². The van der Waals surface area contributed by atoms with Crippen molar-refractivity contribution in [2.75, 3.05) is 0 Å². The highest BCUT2D eigenvalue weighted by atomic mass is 28.4. The zero-order valence-corrected chi connectivity index (χ0v) is 15.4. The van der Waals surface area contributed by atoms with Gasteiger partial charge in [0.05, 0.1) is 6.10 Å². The molecule has 0 heterocycles. The maximum Gasteiger partial charge on any atom is 0.192 e. The largest absolute Gasteiger partial charge is 0.410 e. The standard InChI is InChI=1S/C17H32O3Si/c1-16(2,3)21(4,5)20-15-13-9-6-7-12-17(15,19)14(18)11-8-10-13/h13,15,19H,6-12H2,1-5H3/t13-,15+,17-/m0/s1. The zero-order chi connectivity index (χ0) is 15.9. The van der Waals surface area contributed by atoms with E-state index in [0.717, 1.165) is 32.1 Å². The second-order valence-corrected chi connectivity index (χ2v) is 13.3. The maximum absolute atomic E-state index is 12.5. The SMILES string of the molecule is CC(C)(C)[Si](C)(C)O[C@@H]1[C@H]2CCCC[C@]1(O)C(=O)CCC2. The molecule has 0 unspecified atom stereocenters. The Morgan fingerprint density at radius 2 is 1.81 bits per heavy atom. The van der Waals surface area contributed by atoms with E-state index in [1.807, 2.05) is 0 Å². The van der Waals surface area contributed by atoms with Gasteiger partial charge in [-0.15, -0.1) is 0 Å². The zero-order valence-electron chi connectivity index (χ0n) is 14.4. The highest BCUT2D eigenvalue weighted by Gasteiger charge is 2.53. The van der Waals surface area contributed by atoms with Crippen molar-refractivity contribution < 1.29 is 14.3 Å². The van der Waals surface area contributed by atoms with Crippen molar-refractivity contribution in [3.63, 3.8) is 0 Å². The summed E-state index contributed by atoms with van der Waals surface area (Å²) in [6.07, 6.45) is 5.89. The topological polar surface area (TPSA) is 46.5 Å². The fraction of sp³-hybridized carbons (Fsp3) is 0.941. The molecule has 0 spiro atoms. The molecular formula is C17H32O3Si. The first-order valence-corrected chi connectivity index (χ1v) is 11.4. The lowest BCUT2D eigenvalue weighted by Crippen LogP contribution is -2.57. The van der Waals surface area contributed by atoms with Gasteiger partial charge in [-0.1, -0.05) is 33.6 Å². The monoisotopic (exact) mass is 312 g/mol. The summed E-state index contributed by atoms with van der Waals surface area (Å²) in [4.78, 5) is 12.5. The van der Waals surface area contributed by atoms with E-state index in [-0.39, 0.29) is 16.9 Å². The van der Waals surface area contributed by atoms with Crippen LogP contribution in [0.5, 0.6) is 0 Å². The molecule has 0 saturated heterocycles. The van der Waals surface area contributed by atoms with E-state index in [9.17, 15) is 9.90 Å². The Morgan fingerprint density at radius 1 is 1.19 bits per heavy atom. The summed E-state index contributed by atoms with van der Waals surface area (Å²) in [6.45, 7) is 11.1. The van der Waals surface area contributed by atoms with E-state index in [2.05, 4.69) is 33.9 Å². The van der Waals surface area contributed by atoms with Crippen molar-refractivity contribution in [1.29, 1.82) is 0 Å². The molecule has 2 bridgehead atoms. The lowest BCUT2D eigenvalue weighted by Gasteiger charge is -2.45. The van der Waals surface area contributed by atoms with Gasteiger partial charge in [-0.2, -0.15) is 0 Å². The fourth-order valence-corrected chi connectivity index (χ4v) is 4.88. The van der Waals surface area contributed by atoms with Crippen LogP contribution in [0, 0.1) is 5.92 Å². The number of ketones is 1. The van der Waals surface area contributed by atoms with Gasteiger partial charge in [0.15, 0.2) is 14.1 Å². The molecule has 0 aliphatic heterocycles. The number of fused-ring (bicyclic) bond motifs is 2. The Labute approximate surface area is 130 Å². The summed E-state index contributed by atoms with van der Waals surface area (Å²) in [5.74, 6) is 0.369. The van der Waals surface area contributed by atoms with Crippen LogP contribution in [-0.4, -0.2) is 30.9 Å². The number of rotatable bonds is 2. The molecule has 2 aliphatic rings. The summed E-state index contributed by atoms with van der Waals surface area (Å²) in [6, 6.07) is 0. The molecule has 2 saturated carbocycles. The summed E-state index contributed by atoms with van der Waals surface area (Å²) >= 11 is 0. The molecule has 3 atom stereocenters. The van der Waals surface area contributed by atoms with Crippen molar-refractivity contribution in [2.24, 2.45) is 5.92 Å². The van der Waals surface area contributed by atoms with E-state index in [0.29, 0.717) is 18.8 Å². The number of hydrogen-bond donors (Lipinski definition) is 1. The molecule has 122 valence electrons.